The van der Waals surface area contributed by atoms with Gasteiger partial charge in [-0.05, 0) is 36.5 Å². The Kier molecular flexibility index (Phi) is 5.37. The third-order valence-corrected chi connectivity index (χ3v) is 4.19. The molecule has 1 aliphatic rings. The SMILES string of the molecule is CC(=O)NCc1ccc(C(=O)N[C@@H]2CCCC[C@H]2C)cc1. The van der Waals surface area contributed by atoms with Gasteiger partial charge in [-0.25, -0.2) is 0 Å². The van der Waals surface area contributed by atoms with E-state index < -0.39 is 0 Å². The molecule has 114 valence electrons. The Balaban J connectivity index is 1.91. The first-order chi connectivity index (χ1) is 10.1. The summed E-state index contributed by atoms with van der Waals surface area (Å²) in [5.41, 5.74) is 1.67. The summed E-state index contributed by atoms with van der Waals surface area (Å²) in [6.07, 6.45) is 4.74. The van der Waals surface area contributed by atoms with Gasteiger partial charge in [-0.1, -0.05) is 31.9 Å². The standard InChI is InChI=1S/C17H24N2O2/c1-12-5-3-4-6-16(12)19-17(21)15-9-7-14(8-10-15)11-18-13(2)20/h7-10,12,16H,3-6,11H2,1-2H3,(H,18,20)(H,19,21)/t12-,16-/m1/s1. The van der Waals surface area contributed by atoms with E-state index in [2.05, 4.69) is 17.6 Å². The molecule has 2 rings (SSSR count). The van der Waals surface area contributed by atoms with Gasteiger partial charge >= 0.3 is 0 Å². The molecule has 0 saturated heterocycles. The molecule has 2 N–H and O–H groups in total. The monoisotopic (exact) mass is 288 g/mol. The first-order valence-electron chi connectivity index (χ1n) is 7.70. The Morgan fingerprint density at radius 3 is 2.43 bits per heavy atom. The molecule has 4 nitrogen and oxygen atoms in total. The number of carbonyl (C=O) groups is 2. The molecule has 0 radical (unpaired) electrons. The van der Waals surface area contributed by atoms with E-state index in [1.807, 2.05) is 24.3 Å². The van der Waals surface area contributed by atoms with Crippen molar-refractivity contribution in [2.75, 3.05) is 0 Å². The zero-order chi connectivity index (χ0) is 15.2. The van der Waals surface area contributed by atoms with E-state index in [1.165, 1.54) is 26.2 Å². The lowest BCUT2D eigenvalue weighted by Gasteiger charge is -2.29. The molecule has 1 aliphatic carbocycles. The predicted octanol–water partition coefficient (Wildman–Crippen LogP) is 2.63. The van der Waals surface area contributed by atoms with E-state index in [4.69, 9.17) is 0 Å². The first kappa shape index (κ1) is 15.5. The van der Waals surface area contributed by atoms with Crippen molar-refractivity contribution in [1.29, 1.82) is 0 Å². The number of hydrogen-bond donors (Lipinski definition) is 2. The number of rotatable bonds is 4. The lowest BCUT2D eigenvalue weighted by Crippen LogP contribution is -2.41. The van der Waals surface area contributed by atoms with E-state index in [9.17, 15) is 9.59 Å². The summed E-state index contributed by atoms with van der Waals surface area (Å²) in [5.74, 6) is 0.504. The highest BCUT2D eigenvalue weighted by Crippen LogP contribution is 2.24. The highest BCUT2D eigenvalue weighted by Gasteiger charge is 2.23. The zero-order valence-corrected chi connectivity index (χ0v) is 12.8. The summed E-state index contributed by atoms with van der Waals surface area (Å²) in [7, 11) is 0. The van der Waals surface area contributed by atoms with Gasteiger partial charge in [0, 0.05) is 25.1 Å². The highest BCUT2D eigenvalue weighted by atomic mass is 16.2. The molecule has 0 bridgehead atoms. The highest BCUT2D eigenvalue weighted by molar-refractivity contribution is 5.94. The average Bonchev–Trinajstić information content (AvgIpc) is 2.48. The molecule has 2 atom stereocenters. The molecule has 1 aromatic rings. The van der Waals surface area contributed by atoms with Crippen molar-refractivity contribution in [3.63, 3.8) is 0 Å². The Morgan fingerprint density at radius 2 is 1.81 bits per heavy atom. The first-order valence-corrected chi connectivity index (χ1v) is 7.70. The van der Waals surface area contributed by atoms with Gasteiger partial charge in [0.2, 0.25) is 5.91 Å². The number of carbonyl (C=O) groups excluding carboxylic acids is 2. The number of hydrogen-bond acceptors (Lipinski definition) is 2. The van der Waals surface area contributed by atoms with Crippen LogP contribution >= 0.6 is 0 Å². The van der Waals surface area contributed by atoms with Crippen LogP contribution in [0.2, 0.25) is 0 Å². The van der Waals surface area contributed by atoms with Gasteiger partial charge < -0.3 is 10.6 Å². The normalized spacial score (nSPS) is 21.6. The Labute approximate surface area is 126 Å². The van der Waals surface area contributed by atoms with E-state index in [0.29, 0.717) is 24.1 Å². The minimum absolute atomic E-state index is 0.000160. The molecule has 21 heavy (non-hydrogen) atoms. The molecule has 0 aliphatic heterocycles. The second-order valence-electron chi connectivity index (χ2n) is 5.95. The minimum atomic E-state index is -0.0527. The van der Waals surface area contributed by atoms with Crippen LogP contribution in [0.5, 0.6) is 0 Å². The third kappa shape index (κ3) is 4.59. The molecule has 1 fully saturated rings. The fraction of sp³-hybridized carbons (Fsp3) is 0.529. The van der Waals surface area contributed by atoms with Crippen LogP contribution in [0.4, 0.5) is 0 Å². The maximum Gasteiger partial charge on any atom is 0.251 e. The fourth-order valence-corrected chi connectivity index (χ4v) is 2.78. The molecule has 0 unspecified atom stereocenters. The van der Waals surface area contributed by atoms with Crippen molar-refractivity contribution in [3.05, 3.63) is 35.4 Å². The molecular weight excluding hydrogens is 264 g/mol. The summed E-state index contributed by atoms with van der Waals surface area (Å²) in [5, 5.41) is 5.89. The molecule has 2 amide bonds. The van der Waals surface area contributed by atoms with Gasteiger partial charge in [-0.3, -0.25) is 9.59 Å². The van der Waals surface area contributed by atoms with Crippen LogP contribution in [0, 0.1) is 5.92 Å². The molecule has 1 saturated carbocycles. The van der Waals surface area contributed by atoms with Crippen molar-refractivity contribution in [1.82, 2.24) is 10.6 Å². The van der Waals surface area contributed by atoms with Gasteiger partial charge in [-0.15, -0.1) is 0 Å². The second kappa shape index (κ2) is 7.25. The summed E-state index contributed by atoms with van der Waals surface area (Å²) < 4.78 is 0. The van der Waals surface area contributed by atoms with Gasteiger partial charge in [0.25, 0.3) is 5.91 Å². The van der Waals surface area contributed by atoms with Gasteiger partial charge in [0.1, 0.15) is 0 Å². The topological polar surface area (TPSA) is 58.2 Å². The molecule has 0 spiro atoms. The van der Waals surface area contributed by atoms with Crippen LogP contribution in [0.3, 0.4) is 0 Å². The molecule has 4 heteroatoms. The molecule has 0 heterocycles. The Hall–Kier alpha value is -1.84. The smallest absolute Gasteiger partial charge is 0.251 e. The van der Waals surface area contributed by atoms with E-state index >= 15 is 0 Å². The predicted molar refractivity (Wildman–Crippen MR) is 82.8 cm³/mol. The summed E-state index contributed by atoms with van der Waals surface area (Å²) >= 11 is 0. The van der Waals surface area contributed by atoms with Crippen molar-refractivity contribution in [3.8, 4) is 0 Å². The largest absolute Gasteiger partial charge is 0.352 e. The quantitative estimate of drug-likeness (QED) is 0.895. The summed E-state index contributed by atoms with van der Waals surface area (Å²) in [6, 6.07) is 7.70. The van der Waals surface area contributed by atoms with Crippen molar-refractivity contribution in [2.24, 2.45) is 5.92 Å². The van der Waals surface area contributed by atoms with E-state index in [-0.39, 0.29) is 11.8 Å². The van der Waals surface area contributed by atoms with Crippen LogP contribution in [-0.2, 0) is 11.3 Å². The Bertz CT molecular complexity index is 496. The molecule has 0 aromatic heterocycles. The summed E-state index contributed by atoms with van der Waals surface area (Å²) in [6.45, 7) is 4.20. The average molecular weight is 288 g/mol. The van der Waals surface area contributed by atoms with Crippen molar-refractivity contribution in [2.45, 2.75) is 52.1 Å². The molecular formula is C17H24N2O2. The molecule has 1 aromatic carbocycles. The van der Waals surface area contributed by atoms with Crippen LogP contribution in [0.25, 0.3) is 0 Å². The van der Waals surface area contributed by atoms with Crippen LogP contribution in [-0.4, -0.2) is 17.9 Å². The minimum Gasteiger partial charge on any atom is -0.352 e. The van der Waals surface area contributed by atoms with E-state index in [1.54, 1.807) is 0 Å². The Morgan fingerprint density at radius 1 is 1.14 bits per heavy atom. The number of nitrogens with one attached hydrogen (secondary N) is 2. The van der Waals surface area contributed by atoms with E-state index in [0.717, 1.165) is 12.0 Å². The zero-order valence-electron chi connectivity index (χ0n) is 12.8. The van der Waals surface area contributed by atoms with Gasteiger partial charge in [-0.2, -0.15) is 0 Å². The number of benzene rings is 1. The fourth-order valence-electron chi connectivity index (χ4n) is 2.78. The third-order valence-electron chi connectivity index (χ3n) is 4.19. The maximum atomic E-state index is 12.3. The van der Waals surface area contributed by atoms with Crippen LogP contribution in [0.15, 0.2) is 24.3 Å². The van der Waals surface area contributed by atoms with Gasteiger partial charge in [0.15, 0.2) is 0 Å². The van der Waals surface area contributed by atoms with Crippen molar-refractivity contribution >= 4 is 11.8 Å². The summed E-state index contributed by atoms with van der Waals surface area (Å²) in [4.78, 5) is 23.1. The lowest BCUT2D eigenvalue weighted by atomic mass is 9.86. The second-order valence-corrected chi connectivity index (χ2v) is 5.95. The van der Waals surface area contributed by atoms with Gasteiger partial charge in [0.05, 0.1) is 0 Å². The number of amides is 2. The maximum absolute atomic E-state index is 12.3. The lowest BCUT2D eigenvalue weighted by molar-refractivity contribution is -0.119. The van der Waals surface area contributed by atoms with Crippen LogP contribution in [0.1, 0.15) is 55.5 Å². The van der Waals surface area contributed by atoms with Crippen molar-refractivity contribution < 1.29 is 9.59 Å². The van der Waals surface area contributed by atoms with Crippen LogP contribution < -0.4 is 10.6 Å².